The summed E-state index contributed by atoms with van der Waals surface area (Å²) in [4.78, 5) is 14.8. The van der Waals surface area contributed by atoms with Crippen LogP contribution in [0, 0.1) is 5.92 Å². The van der Waals surface area contributed by atoms with E-state index >= 15 is 0 Å². The fourth-order valence-corrected chi connectivity index (χ4v) is 3.12. The second kappa shape index (κ2) is 8.71. The van der Waals surface area contributed by atoms with Crippen LogP contribution in [0.25, 0.3) is 0 Å². The maximum atomic E-state index is 12.3. The first-order chi connectivity index (χ1) is 10.2. The Bertz CT molecular complexity index is 315. The molecule has 0 spiro atoms. The predicted octanol–water partition coefficient (Wildman–Crippen LogP) is 0.992. The first kappa shape index (κ1) is 16.7. The smallest absolute Gasteiger partial charge is 0.237 e. The van der Waals surface area contributed by atoms with Crippen molar-refractivity contribution < 1.29 is 9.53 Å². The summed E-state index contributed by atoms with van der Waals surface area (Å²) in [5.41, 5.74) is 0. The number of hydrogen-bond acceptors (Lipinski definition) is 4. The molecule has 122 valence electrons. The lowest BCUT2D eigenvalue weighted by Crippen LogP contribution is -2.49. The quantitative estimate of drug-likeness (QED) is 0.623. The van der Waals surface area contributed by atoms with Gasteiger partial charge in [-0.3, -0.25) is 9.69 Å². The van der Waals surface area contributed by atoms with Crippen LogP contribution in [0.2, 0.25) is 0 Å². The topological polar surface area (TPSA) is 53.6 Å². The van der Waals surface area contributed by atoms with Gasteiger partial charge in [0.15, 0.2) is 0 Å². The molecule has 1 aliphatic carbocycles. The average molecular weight is 297 g/mol. The molecule has 5 heteroatoms. The highest BCUT2D eigenvalue weighted by Crippen LogP contribution is 2.30. The van der Waals surface area contributed by atoms with Crippen LogP contribution >= 0.6 is 0 Å². The third-order valence-electron chi connectivity index (χ3n) is 4.65. The molecule has 1 unspecified atom stereocenters. The van der Waals surface area contributed by atoms with Crippen molar-refractivity contribution in [3.63, 3.8) is 0 Å². The predicted molar refractivity (Wildman–Crippen MR) is 84.3 cm³/mol. The molecular formula is C16H31N3O2. The van der Waals surface area contributed by atoms with Gasteiger partial charge in [0.25, 0.3) is 0 Å². The van der Waals surface area contributed by atoms with Crippen LogP contribution in [-0.2, 0) is 9.53 Å². The third-order valence-corrected chi connectivity index (χ3v) is 4.65. The number of carbonyl (C=O) groups excluding carboxylic acids is 1. The van der Waals surface area contributed by atoms with Gasteiger partial charge in [-0.25, -0.2) is 0 Å². The summed E-state index contributed by atoms with van der Waals surface area (Å²) < 4.78 is 5.01. The van der Waals surface area contributed by atoms with Gasteiger partial charge in [0.2, 0.25) is 5.91 Å². The number of rotatable bonds is 9. The molecule has 21 heavy (non-hydrogen) atoms. The summed E-state index contributed by atoms with van der Waals surface area (Å²) in [5.74, 6) is 0.919. The molecule has 2 aliphatic rings. The monoisotopic (exact) mass is 297 g/mol. The van der Waals surface area contributed by atoms with Crippen molar-refractivity contribution in [3.05, 3.63) is 0 Å². The Labute approximate surface area is 128 Å². The van der Waals surface area contributed by atoms with Crippen molar-refractivity contribution in [3.8, 4) is 0 Å². The molecule has 2 fully saturated rings. The SMILES string of the molecule is COCCCNC(=O)C(C)N(CC1CCNCC1)C1CC1. The van der Waals surface area contributed by atoms with Gasteiger partial charge in [0.1, 0.15) is 0 Å². The number of hydrogen-bond donors (Lipinski definition) is 2. The minimum absolute atomic E-state index is 0.00469. The van der Waals surface area contributed by atoms with Crippen LogP contribution in [0.5, 0.6) is 0 Å². The summed E-state index contributed by atoms with van der Waals surface area (Å²) in [6.45, 7) is 6.81. The Kier molecular flexibility index (Phi) is 6.93. The van der Waals surface area contributed by atoms with Gasteiger partial charge in [-0.15, -0.1) is 0 Å². The van der Waals surface area contributed by atoms with Gasteiger partial charge >= 0.3 is 0 Å². The van der Waals surface area contributed by atoms with Crippen molar-refractivity contribution in [1.29, 1.82) is 0 Å². The van der Waals surface area contributed by atoms with E-state index in [0.29, 0.717) is 19.2 Å². The largest absolute Gasteiger partial charge is 0.385 e. The Morgan fingerprint density at radius 3 is 2.67 bits per heavy atom. The molecule has 1 saturated carbocycles. The molecule has 5 nitrogen and oxygen atoms in total. The average Bonchev–Trinajstić information content (AvgIpc) is 3.34. The highest BCUT2D eigenvalue weighted by molar-refractivity contribution is 5.81. The van der Waals surface area contributed by atoms with Crippen LogP contribution in [0.4, 0.5) is 0 Å². The molecule has 1 aliphatic heterocycles. The van der Waals surface area contributed by atoms with E-state index in [1.54, 1.807) is 7.11 Å². The van der Waals surface area contributed by atoms with Crippen LogP contribution in [0.1, 0.15) is 39.0 Å². The number of carbonyl (C=O) groups is 1. The van der Waals surface area contributed by atoms with Gasteiger partial charge in [0, 0.05) is 32.8 Å². The number of ether oxygens (including phenoxy) is 1. The van der Waals surface area contributed by atoms with Crippen molar-refractivity contribution >= 4 is 5.91 Å². The summed E-state index contributed by atoms with van der Waals surface area (Å²) in [7, 11) is 1.69. The zero-order chi connectivity index (χ0) is 15.1. The molecule has 1 amide bonds. The number of nitrogens with one attached hydrogen (secondary N) is 2. The molecule has 0 aromatic heterocycles. The summed E-state index contributed by atoms with van der Waals surface area (Å²) in [6, 6.07) is 0.634. The number of amides is 1. The van der Waals surface area contributed by atoms with Gasteiger partial charge in [0.05, 0.1) is 6.04 Å². The van der Waals surface area contributed by atoms with E-state index in [2.05, 4.69) is 22.5 Å². The van der Waals surface area contributed by atoms with E-state index in [4.69, 9.17) is 4.74 Å². The molecule has 2 rings (SSSR count). The molecule has 0 aromatic carbocycles. The van der Waals surface area contributed by atoms with E-state index in [0.717, 1.165) is 32.0 Å². The van der Waals surface area contributed by atoms with Crippen LogP contribution < -0.4 is 10.6 Å². The van der Waals surface area contributed by atoms with Crippen LogP contribution in [0.15, 0.2) is 0 Å². The molecule has 0 aromatic rings. The van der Waals surface area contributed by atoms with E-state index in [1.807, 2.05) is 0 Å². The summed E-state index contributed by atoms with van der Waals surface area (Å²) >= 11 is 0. The van der Waals surface area contributed by atoms with Crippen molar-refractivity contribution in [2.75, 3.05) is 39.9 Å². The molecule has 0 bridgehead atoms. The Hall–Kier alpha value is -0.650. The van der Waals surface area contributed by atoms with Crippen LogP contribution in [-0.4, -0.2) is 62.8 Å². The first-order valence-electron chi connectivity index (χ1n) is 8.45. The Morgan fingerprint density at radius 2 is 2.05 bits per heavy atom. The first-order valence-corrected chi connectivity index (χ1v) is 8.45. The van der Waals surface area contributed by atoms with Gasteiger partial charge < -0.3 is 15.4 Å². The van der Waals surface area contributed by atoms with E-state index < -0.39 is 0 Å². The molecule has 0 radical (unpaired) electrons. The number of methoxy groups -OCH3 is 1. The number of nitrogens with zero attached hydrogens (tertiary/aromatic N) is 1. The minimum atomic E-state index is -0.00469. The molecule has 1 saturated heterocycles. The Balaban J connectivity index is 1.77. The van der Waals surface area contributed by atoms with Crippen molar-refractivity contribution in [1.82, 2.24) is 15.5 Å². The zero-order valence-electron chi connectivity index (χ0n) is 13.6. The summed E-state index contributed by atoms with van der Waals surface area (Å²) in [6.07, 6.45) is 5.88. The summed E-state index contributed by atoms with van der Waals surface area (Å²) in [5, 5.41) is 6.46. The maximum Gasteiger partial charge on any atom is 0.237 e. The van der Waals surface area contributed by atoms with E-state index in [1.165, 1.54) is 25.7 Å². The normalized spacial score (nSPS) is 21.5. The highest BCUT2D eigenvalue weighted by atomic mass is 16.5. The lowest BCUT2D eigenvalue weighted by atomic mass is 9.96. The molecule has 2 N–H and O–H groups in total. The van der Waals surface area contributed by atoms with Gasteiger partial charge in [-0.05, 0) is 58.0 Å². The van der Waals surface area contributed by atoms with E-state index in [-0.39, 0.29) is 11.9 Å². The zero-order valence-corrected chi connectivity index (χ0v) is 13.6. The standard InChI is InChI=1S/C16H31N3O2/c1-13(16(20)18-8-3-11-21-2)19(15-4-5-15)12-14-6-9-17-10-7-14/h13-15,17H,3-12H2,1-2H3,(H,18,20). The third kappa shape index (κ3) is 5.57. The molecular weight excluding hydrogens is 266 g/mol. The second-order valence-corrected chi connectivity index (χ2v) is 6.43. The fourth-order valence-electron chi connectivity index (χ4n) is 3.12. The lowest BCUT2D eigenvalue weighted by molar-refractivity contribution is -0.126. The van der Waals surface area contributed by atoms with E-state index in [9.17, 15) is 4.79 Å². The highest BCUT2D eigenvalue weighted by Gasteiger charge is 2.36. The van der Waals surface area contributed by atoms with Crippen molar-refractivity contribution in [2.24, 2.45) is 5.92 Å². The van der Waals surface area contributed by atoms with Crippen molar-refractivity contribution in [2.45, 2.75) is 51.1 Å². The molecule has 1 heterocycles. The Morgan fingerprint density at radius 1 is 1.33 bits per heavy atom. The minimum Gasteiger partial charge on any atom is -0.385 e. The lowest BCUT2D eigenvalue weighted by Gasteiger charge is -2.33. The fraction of sp³-hybridized carbons (Fsp3) is 0.938. The van der Waals surface area contributed by atoms with Crippen LogP contribution in [0.3, 0.4) is 0 Å². The van der Waals surface area contributed by atoms with Gasteiger partial charge in [-0.2, -0.15) is 0 Å². The maximum absolute atomic E-state index is 12.3. The number of piperidine rings is 1. The second-order valence-electron chi connectivity index (χ2n) is 6.43. The molecule has 1 atom stereocenters. The van der Waals surface area contributed by atoms with Gasteiger partial charge in [-0.1, -0.05) is 0 Å².